The molecule has 0 aliphatic carbocycles. The molecule has 1 fully saturated rings. The molecule has 0 saturated carbocycles. The van der Waals surface area contributed by atoms with E-state index in [0.29, 0.717) is 24.2 Å². The summed E-state index contributed by atoms with van der Waals surface area (Å²) in [4.78, 5) is 45.0. The zero-order valence-corrected chi connectivity index (χ0v) is 21.3. The Labute approximate surface area is 216 Å². The Hall–Kier alpha value is -3.71. The van der Waals surface area contributed by atoms with Crippen LogP contribution in [0.3, 0.4) is 0 Å². The summed E-state index contributed by atoms with van der Waals surface area (Å²) >= 11 is 1.70. The second-order valence-electron chi connectivity index (χ2n) is 9.18. The number of rotatable bonds is 8. The van der Waals surface area contributed by atoms with E-state index in [2.05, 4.69) is 10.6 Å². The normalized spacial score (nSPS) is 19.5. The number of hydrogen-bond acceptors (Lipinski definition) is 10. The van der Waals surface area contributed by atoms with Crippen LogP contribution in [0.5, 0.6) is 11.5 Å². The molecule has 4 rings (SSSR count). The molecule has 37 heavy (non-hydrogen) atoms. The fourth-order valence-corrected chi connectivity index (χ4v) is 5.23. The van der Waals surface area contributed by atoms with Crippen molar-refractivity contribution in [3.8, 4) is 11.5 Å². The molecule has 0 bridgehead atoms. The molecule has 7 N–H and O–H groups in total. The van der Waals surface area contributed by atoms with Gasteiger partial charge in [0, 0.05) is 43.2 Å². The van der Waals surface area contributed by atoms with Crippen molar-refractivity contribution in [2.75, 3.05) is 24.6 Å². The largest absolute Gasteiger partial charge is 0.508 e. The highest BCUT2D eigenvalue weighted by molar-refractivity contribution is 7.99. The van der Waals surface area contributed by atoms with Gasteiger partial charge in [0.2, 0.25) is 5.54 Å². The van der Waals surface area contributed by atoms with Crippen LogP contribution in [0.2, 0.25) is 0 Å². The molecule has 2 aromatic rings. The van der Waals surface area contributed by atoms with Crippen molar-refractivity contribution in [3.63, 3.8) is 0 Å². The van der Waals surface area contributed by atoms with Gasteiger partial charge in [0.15, 0.2) is 11.5 Å². The van der Waals surface area contributed by atoms with Gasteiger partial charge in [0.25, 0.3) is 17.7 Å². The number of thioether (sulfide) groups is 1. The maximum absolute atomic E-state index is 13.3. The van der Waals surface area contributed by atoms with E-state index in [1.54, 1.807) is 17.8 Å². The van der Waals surface area contributed by atoms with Crippen LogP contribution < -0.4 is 16.9 Å². The quantitative estimate of drug-likeness (QED) is 0.304. The first kappa shape index (κ1) is 26.4. The van der Waals surface area contributed by atoms with Crippen LogP contribution in [0.15, 0.2) is 22.7 Å². The lowest BCUT2D eigenvalue weighted by Crippen LogP contribution is -2.62. The number of aromatic hydroxyl groups is 2. The van der Waals surface area contributed by atoms with Crippen LogP contribution >= 0.6 is 11.8 Å². The number of aryl methyl sites for hydroxylation is 2. The lowest BCUT2D eigenvalue weighted by atomic mass is 9.94. The molecule has 13 heteroatoms. The lowest BCUT2D eigenvalue weighted by molar-refractivity contribution is -0.145. The topological polar surface area (TPSA) is 194 Å². The molecule has 1 atom stereocenters. The number of amides is 3. The summed E-state index contributed by atoms with van der Waals surface area (Å²) in [5, 5.41) is 24.2. The molecule has 1 saturated heterocycles. The fourth-order valence-electron chi connectivity index (χ4n) is 4.33. The third kappa shape index (κ3) is 4.96. The number of primary amides is 2. The molecular formula is C24H29N5O7S. The van der Waals surface area contributed by atoms with Crippen molar-refractivity contribution in [1.29, 1.82) is 0 Å². The van der Waals surface area contributed by atoms with Crippen LogP contribution in [0.25, 0.3) is 5.76 Å². The first-order valence-corrected chi connectivity index (χ1v) is 12.9. The SMILES string of the molecule is CC(C)c1cc(CCc2onc(C(N)=O)c2C2=CC(C(N)=O)(C(=O)N3CCSCC3)NO2)c(O)cc1O. The minimum atomic E-state index is -1.98. The van der Waals surface area contributed by atoms with Crippen molar-refractivity contribution in [1.82, 2.24) is 15.5 Å². The van der Waals surface area contributed by atoms with Gasteiger partial charge in [-0.15, -0.1) is 5.48 Å². The number of nitrogens with one attached hydrogen (secondary N) is 1. The maximum atomic E-state index is 13.3. The summed E-state index contributed by atoms with van der Waals surface area (Å²) in [5.41, 5.74) is 12.6. The molecule has 1 aromatic heterocycles. The molecule has 198 valence electrons. The number of carbonyl (C=O) groups excluding carboxylic acids is 3. The van der Waals surface area contributed by atoms with Crippen LogP contribution in [0, 0.1) is 0 Å². The van der Waals surface area contributed by atoms with Gasteiger partial charge in [-0.1, -0.05) is 19.0 Å². The molecule has 1 unspecified atom stereocenters. The van der Waals surface area contributed by atoms with Gasteiger partial charge < -0.3 is 35.9 Å². The molecule has 3 heterocycles. The molecule has 0 radical (unpaired) electrons. The fraction of sp³-hybridized carbons (Fsp3) is 0.417. The van der Waals surface area contributed by atoms with Gasteiger partial charge in [-0.25, -0.2) is 0 Å². The summed E-state index contributed by atoms with van der Waals surface area (Å²) in [6, 6.07) is 2.97. The Morgan fingerprint density at radius 1 is 1.16 bits per heavy atom. The number of nitrogens with zero attached hydrogens (tertiary/aromatic N) is 2. The number of hydroxylamine groups is 1. The van der Waals surface area contributed by atoms with Crippen molar-refractivity contribution in [2.24, 2.45) is 11.5 Å². The average Bonchev–Trinajstić information content (AvgIpc) is 3.49. The number of phenolic OH excluding ortho intramolecular Hbond substituents is 2. The van der Waals surface area contributed by atoms with Crippen LogP contribution in [0.4, 0.5) is 0 Å². The Bertz CT molecular complexity index is 1270. The van der Waals surface area contributed by atoms with Crippen LogP contribution in [-0.4, -0.2) is 68.1 Å². The minimum Gasteiger partial charge on any atom is -0.508 e. The first-order valence-electron chi connectivity index (χ1n) is 11.7. The van der Waals surface area contributed by atoms with Gasteiger partial charge in [-0.2, -0.15) is 11.8 Å². The molecular weight excluding hydrogens is 502 g/mol. The molecule has 0 spiro atoms. The van der Waals surface area contributed by atoms with Crippen LogP contribution in [-0.2, 0) is 27.3 Å². The van der Waals surface area contributed by atoms with Gasteiger partial charge in [-0.3, -0.25) is 14.4 Å². The second kappa shape index (κ2) is 10.3. The number of aromatic nitrogens is 1. The van der Waals surface area contributed by atoms with Gasteiger partial charge >= 0.3 is 0 Å². The molecule has 3 amide bonds. The second-order valence-corrected chi connectivity index (χ2v) is 10.4. The highest BCUT2D eigenvalue weighted by atomic mass is 32.2. The summed E-state index contributed by atoms with van der Waals surface area (Å²) in [5.74, 6) is -0.961. The van der Waals surface area contributed by atoms with E-state index >= 15 is 0 Å². The van der Waals surface area contributed by atoms with Crippen molar-refractivity contribution in [3.05, 3.63) is 46.4 Å². The van der Waals surface area contributed by atoms with Crippen LogP contribution in [0.1, 0.15) is 52.7 Å². The Morgan fingerprint density at radius 2 is 1.86 bits per heavy atom. The van der Waals surface area contributed by atoms with E-state index in [-0.39, 0.29) is 53.0 Å². The molecule has 12 nitrogen and oxygen atoms in total. The summed E-state index contributed by atoms with van der Waals surface area (Å²) < 4.78 is 5.39. The van der Waals surface area contributed by atoms with Gasteiger partial charge in [0.05, 0.1) is 5.56 Å². The number of carbonyl (C=O) groups is 3. The predicted molar refractivity (Wildman–Crippen MR) is 134 cm³/mol. The summed E-state index contributed by atoms with van der Waals surface area (Å²) in [6.45, 7) is 4.72. The maximum Gasteiger partial charge on any atom is 0.271 e. The van der Waals surface area contributed by atoms with E-state index in [0.717, 1.165) is 11.5 Å². The van der Waals surface area contributed by atoms with Crippen molar-refractivity contribution < 1.29 is 34.0 Å². The van der Waals surface area contributed by atoms with Crippen molar-refractivity contribution in [2.45, 2.75) is 38.1 Å². The Kier molecular flexibility index (Phi) is 7.37. The third-order valence-electron chi connectivity index (χ3n) is 6.41. The van der Waals surface area contributed by atoms with Gasteiger partial charge in [0.1, 0.15) is 17.3 Å². The van der Waals surface area contributed by atoms with E-state index in [1.807, 2.05) is 13.8 Å². The summed E-state index contributed by atoms with van der Waals surface area (Å²) in [7, 11) is 0. The third-order valence-corrected chi connectivity index (χ3v) is 7.35. The number of hydrogen-bond donors (Lipinski definition) is 5. The predicted octanol–water partition coefficient (Wildman–Crippen LogP) is 0.769. The Balaban J connectivity index is 1.68. The summed E-state index contributed by atoms with van der Waals surface area (Å²) in [6.07, 6.45) is 1.61. The van der Waals surface area contributed by atoms with Crippen molar-refractivity contribution >= 4 is 35.2 Å². The zero-order chi connectivity index (χ0) is 26.9. The molecule has 1 aromatic carbocycles. The number of phenols is 2. The van der Waals surface area contributed by atoms with E-state index in [9.17, 15) is 24.6 Å². The molecule has 2 aliphatic heterocycles. The molecule has 2 aliphatic rings. The lowest BCUT2D eigenvalue weighted by Gasteiger charge is -2.32. The van der Waals surface area contributed by atoms with Gasteiger partial charge in [-0.05, 0) is 29.5 Å². The van der Waals surface area contributed by atoms with E-state index < -0.39 is 23.3 Å². The highest BCUT2D eigenvalue weighted by Crippen LogP contribution is 2.35. The highest BCUT2D eigenvalue weighted by Gasteiger charge is 2.51. The first-order chi connectivity index (χ1) is 17.5. The number of benzene rings is 1. The monoisotopic (exact) mass is 531 g/mol. The zero-order valence-electron chi connectivity index (χ0n) is 20.4. The average molecular weight is 532 g/mol. The minimum absolute atomic E-state index is 0.0111. The standard InChI is InChI=1S/C24H29N5O7S/c1-12(2)14-9-13(15(30)10-16(14)31)3-4-17-19(20(21(25)32)27-35-17)18-11-24(22(26)33,28-36-18)23(34)29-5-7-37-8-6-29/h9-12,28,30-31H,3-8H2,1-2H3,(H2,25,32)(H2,26,33). The smallest absolute Gasteiger partial charge is 0.271 e. The van der Waals surface area contributed by atoms with E-state index in [1.165, 1.54) is 17.0 Å². The number of nitrogens with two attached hydrogens (primary N) is 2. The van der Waals surface area contributed by atoms with E-state index in [4.69, 9.17) is 20.8 Å². The Morgan fingerprint density at radius 3 is 2.49 bits per heavy atom.